The second-order valence-corrected chi connectivity index (χ2v) is 5.58. The number of aliphatic imine (C=N–C) groups is 1. The Kier molecular flexibility index (Phi) is 5.95. The third kappa shape index (κ3) is 4.81. The molecule has 4 nitrogen and oxygen atoms in total. The number of benzene rings is 1. The fourth-order valence-corrected chi connectivity index (χ4v) is 1.50. The highest BCUT2D eigenvalue weighted by Crippen LogP contribution is 2.08. The van der Waals surface area contributed by atoms with Crippen LogP contribution in [0.5, 0.6) is 0 Å². The van der Waals surface area contributed by atoms with E-state index in [0.29, 0.717) is 18.1 Å². The molecule has 0 spiro atoms. The Labute approximate surface area is 121 Å². The molecule has 20 heavy (non-hydrogen) atoms. The Morgan fingerprint density at radius 3 is 2.45 bits per heavy atom. The highest BCUT2D eigenvalue weighted by molar-refractivity contribution is 5.79. The number of rotatable bonds is 5. The van der Waals surface area contributed by atoms with Crippen molar-refractivity contribution >= 4 is 5.96 Å². The predicted molar refractivity (Wildman–Crippen MR) is 82.4 cm³/mol. The topological polar surface area (TPSA) is 39.7 Å². The molecule has 0 atom stereocenters. The summed E-state index contributed by atoms with van der Waals surface area (Å²) >= 11 is 0. The molecule has 2 N–H and O–H groups in total. The summed E-state index contributed by atoms with van der Waals surface area (Å²) in [6, 6.07) is 6.73. The monoisotopic (exact) mass is 280 g/mol. The van der Waals surface area contributed by atoms with E-state index in [1.807, 2.05) is 20.2 Å². The summed E-state index contributed by atoms with van der Waals surface area (Å²) in [6.45, 7) is 5.44. The summed E-state index contributed by atoms with van der Waals surface area (Å²) in [5.41, 5.74) is 0.637. The Morgan fingerprint density at radius 1 is 1.25 bits per heavy atom. The molecule has 0 amide bonds. The maximum absolute atomic E-state index is 13.5. The molecule has 0 saturated carbocycles. The van der Waals surface area contributed by atoms with Crippen LogP contribution in [0.25, 0.3) is 0 Å². The minimum absolute atomic E-state index is 0.00954. The average Bonchev–Trinajstić information content (AvgIpc) is 2.40. The molecule has 0 unspecified atom stereocenters. The van der Waals surface area contributed by atoms with Crippen LogP contribution < -0.4 is 10.6 Å². The van der Waals surface area contributed by atoms with Crippen LogP contribution in [-0.2, 0) is 6.54 Å². The van der Waals surface area contributed by atoms with Gasteiger partial charge in [0.25, 0.3) is 0 Å². The van der Waals surface area contributed by atoms with Gasteiger partial charge in [-0.2, -0.15) is 0 Å². The largest absolute Gasteiger partial charge is 0.355 e. The Bertz CT molecular complexity index is 455. The molecular formula is C15H25FN4. The molecular weight excluding hydrogens is 255 g/mol. The molecule has 0 heterocycles. The summed E-state index contributed by atoms with van der Waals surface area (Å²) in [5.74, 6) is 0.465. The Morgan fingerprint density at radius 2 is 1.90 bits per heavy atom. The molecule has 0 aliphatic carbocycles. The summed E-state index contributed by atoms with van der Waals surface area (Å²) in [6.07, 6.45) is 0. The molecule has 1 aromatic rings. The van der Waals surface area contributed by atoms with Crippen molar-refractivity contribution in [2.75, 3.05) is 27.7 Å². The lowest BCUT2D eigenvalue weighted by atomic mass is 10.0. The zero-order valence-electron chi connectivity index (χ0n) is 13.0. The summed E-state index contributed by atoms with van der Waals surface area (Å²) < 4.78 is 13.5. The van der Waals surface area contributed by atoms with Crippen molar-refractivity contribution in [2.24, 2.45) is 4.99 Å². The molecule has 0 bridgehead atoms. The van der Waals surface area contributed by atoms with E-state index in [1.165, 1.54) is 6.07 Å². The Balaban J connectivity index is 2.51. The zero-order valence-corrected chi connectivity index (χ0v) is 13.0. The molecule has 1 aromatic carbocycles. The first-order valence-corrected chi connectivity index (χ1v) is 6.72. The molecule has 0 saturated heterocycles. The van der Waals surface area contributed by atoms with Gasteiger partial charge in [-0.1, -0.05) is 18.2 Å². The molecule has 0 fully saturated rings. The van der Waals surface area contributed by atoms with Gasteiger partial charge in [0.05, 0.1) is 0 Å². The number of halogens is 1. The van der Waals surface area contributed by atoms with Gasteiger partial charge in [-0.3, -0.25) is 4.99 Å². The van der Waals surface area contributed by atoms with E-state index in [1.54, 1.807) is 19.2 Å². The van der Waals surface area contributed by atoms with Crippen LogP contribution in [0.3, 0.4) is 0 Å². The van der Waals surface area contributed by atoms with Crippen molar-refractivity contribution in [1.82, 2.24) is 15.5 Å². The van der Waals surface area contributed by atoms with Crippen molar-refractivity contribution < 1.29 is 4.39 Å². The van der Waals surface area contributed by atoms with Crippen LogP contribution in [0.4, 0.5) is 4.39 Å². The van der Waals surface area contributed by atoms with Crippen LogP contribution in [0.15, 0.2) is 29.3 Å². The predicted octanol–water partition coefficient (Wildman–Crippen LogP) is 1.83. The van der Waals surface area contributed by atoms with Crippen LogP contribution >= 0.6 is 0 Å². The van der Waals surface area contributed by atoms with Crippen LogP contribution in [-0.4, -0.2) is 44.1 Å². The normalized spacial score (nSPS) is 12.7. The number of guanidine groups is 1. The van der Waals surface area contributed by atoms with Crippen LogP contribution in [0, 0.1) is 5.82 Å². The quantitative estimate of drug-likeness (QED) is 0.638. The molecule has 5 heteroatoms. The summed E-state index contributed by atoms with van der Waals surface area (Å²) in [5, 5.41) is 6.37. The van der Waals surface area contributed by atoms with E-state index in [0.717, 1.165) is 6.54 Å². The molecule has 0 aromatic heterocycles. The van der Waals surface area contributed by atoms with Crippen molar-refractivity contribution in [3.05, 3.63) is 35.6 Å². The Hall–Kier alpha value is -1.62. The molecule has 1 rings (SSSR count). The van der Waals surface area contributed by atoms with Gasteiger partial charge in [0.2, 0.25) is 0 Å². The second-order valence-electron chi connectivity index (χ2n) is 5.58. The van der Waals surface area contributed by atoms with Gasteiger partial charge in [0.1, 0.15) is 5.82 Å². The van der Waals surface area contributed by atoms with Gasteiger partial charge < -0.3 is 15.5 Å². The van der Waals surface area contributed by atoms with Crippen molar-refractivity contribution in [2.45, 2.75) is 25.9 Å². The van der Waals surface area contributed by atoms with Crippen molar-refractivity contribution in [3.8, 4) is 0 Å². The van der Waals surface area contributed by atoms with E-state index in [-0.39, 0.29) is 11.4 Å². The molecule has 112 valence electrons. The minimum Gasteiger partial charge on any atom is -0.355 e. The summed E-state index contributed by atoms with van der Waals surface area (Å²) in [7, 11) is 5.79. The van der Waals surface area contributed by atoms with Crippen LogP contribution in [0.2, 0.25) is 0 Å². The van der Waals surface area contributed by atoms with Crippen LogP contribution in [0.1, 0.15) is 19.4 Å². The third-order valence-electron chi connectivity index (χ3n) is 3.53. The SMILES string of the molecule is CN=C(NCc1ccccc1F)NCC(C)(C)N(C)C. The first-order chi connectivity index (χ1) is 9.36. The fraction of sp³-hybridized carbons (Fsp3) is 0.533. The highest BCUT2D eigenvalue weighted by atomic mass is 19.1. The molecule has 0 aliphatic heterocycles. The van der Waals surface area contributed by atoms with Gasteiger partial charge in [-0.25, -0.2) is 4.39 Å². The summed E-state index contributed by atoms with van der Waals surface area (Å²) in [4.78, 5) is 6.29. The van der Waals surface area contributed by atoms with E-state index < -0.39 is 0 Å². The van der Waals surface area contributed by atoms with E-state index >= 15 is 0 Å². The van der Waals surface area contributed by atoms with Crippen molar-refractivity contribution in [3.63, 3.8) is 0 Å². The lowest BCUT2D eigenvalue weighted by Gasteiger charge is -2.33. The van der Waals surface area contributed by atoms with Gasteiger partial charge in [0, 0.05) is 31.2 Å². The van der Waals surface area contributed by atoms with Gasteiger partial charge in [-0.15, -0.1) is 0 Å². The van der Waals surface area contributed by atoms with E-state index in [9.17, 15) is 4.39 Å². The minimum atomic E-state index is -0.205. The number of nitrogens with zero attached hydrogens (tertiary/aromatic N) is 2. The van der Waals surface area contributed by atoms with Gasteiger partial charge >= 0.3 is 0 Å². The molecule has 0 aliphatic rings. The van der Waals surface area contributed by atoms with Gasteiger partial charge in [-0.05, 0) is 34.0 Å². The second kappa shape index (κ2) is 7.24. The lowest BCUT2D eigenvalue weighted by Crippen LogP contribution is -2.50. The first-order valence-electron chi connectivity index (χ1n) is 6.72. The van der Waals surface area contributed by atoms with Gasteiger partial charge in [0.15, 0.2) is 5.96 Å². The number of hydrogen-bond acceptors (Lipinski definition) is 2. The third-order valence-corrected chi connectivity index (χ3v) is 3.53. The van der Waals surface area contributed by atoms with E-state index in [2.05, 4.69) is 34.4 Å². The standard InChI is InChI=1S/C15H25FN4/c1-15(2,20(4)5)11-19-14(17-3)18-10-12-8-6-7-9-13(12)16/h6-9H,10-11H2,1-5H3,(H2,17,18,19). The lowest BCUT2D eigenvalue weighted by molar-refractivity contribution is 0.197. The maximum Gasteiger partial charge on any atom is 0.191 e. The highest BCUT2D eigenvalue weighted by Gasteiger charge is 2.20. The number of nitrogens with one attached hydrogen (secondary N) is 2. The van der Waals surface area contributed by atoms with E-state index in [4.69, 9.17) is 0 Å². The fourth-order valence-electron chi connectivity index (χ4n) is 1.50. The smallest absolute Gasteiger partial charge is 0.191 e. The number of hydrogen-bond donors (Lipinski definition) is 2. The first kappa shape index (κ1) is 16.4. The zero-order chi connectivity index (χ0) is 15.2. The number of likely N-dealkylation sites (N-methyl/N-ethyl adjacent to an activating group) is 1. The average molecular weight is 280 g/mol. The van der Waals surface area contributed by atoms with Crippen molar-refractivity contribution in [1.29, 1.82) is 0 Å². The maximum atomic E-state index is 13.5. The molecule has 0 radical (unpaired) electrons.